The number of anilines is 2. The number of aromatic nitrogens is 1. The van der Waals surface area contributed by atoms with Crippen LogP contribution in [0.3, 0.4) is 0 Å². The molecular formula is C12H23N3O2S2. The smallest absolute Gasteiger partial charge is 0.185 e. The maximum Gasteiger partial charge on any atom is 0.185 e. The quantitative estimate of drug-likeness (QED) is 0.809. The molecule has 0 saturated heterocycles. The van der Waals surface area contributed by atoms with Gasteiger partial charge in [-0.1, -0.05) is 27.7 Å². The minimum atomic E-state index is -3.34. The summed E-state index contributed by atoms with van der Waals surface area (Å²) in [6.45, 7) is 8.90. The first-order valence-electron chi connectivity index (χ1n) is 6.45. The van der Waals surface area contributed by atoms with Crippen LogP contribution in [0.1, 0.15) is 40.5 Å². The molecule has 0 unspecified atom stereocenters. The Balaban J connectivity index is 2.99. The molecule has 0 aliphatic heterocycles. The second kappa shape index (κ2) is 6.09. The minimum absolute atomic E-state index is 0.0987. The van der Waals surface area contributed by atoms with Gasteiger partial charge in [-0.05, 0) is 29.8 Å². The molecule has 5 nitrogen and oxygen atoms in total. The standard InChI is InChI=1S/C12H23N3O2S2/c1-5-7-19(16,17)9-10(13)15-18-11(9)14-8-12(3,4)6-2/h14H,5-8H2,1-4H3,(H2,13,15). The molecule has 0 atom stereocenters. The lowest BCUT2D eigenvalue weighted by molar-refractivity contribution is 0.377. The van der Waals surface area contributed by atoms with Crippen LogP contribution >= 0.6 is 11.5 Å². The van der Waals surface area contributed by atoms with Gasteiger partial charge in [-0.2, -0.15) is 4.37 Å². The van der Waals surface area contributed by atoms with Gasteiger partial charge in [0.2, 0.25) is 0 Å². The maximum absolute atomic E-state index is 12.2. The summed E-state index contributed by atoms with van der Waals surface area (Å²) in [5.41, 5.74) is 5.81. The van der Waals surface area contributed by atoms with E-state index in [0.717, 1.165) is 18.0 Å². The molecule has 0 fully saturated rings. The van der Waals surface area contributed by atoms with Crippen LogP contribution in [-0.2, 0) is 9.84 Å². The third kappa shape index (κ3) is 4.07. The summed E-state index contributed by atoms with van der Waals surface area (Å²) in [4.78, 5) is 0.172. The lowest BCUT2D eigenvalue weighted by Crippen LogP contribution is -2.22. The number of hydrogen-bond acceptors (Lipinski definition) is 6. The van der Waals surface area contributed by atoms with Crippen LogP contribution in [-0.4, -0.2) is 25.1 Å². The highest BCUT2D eigenvalue weighted by atomic mass is 32.2. The average Bonchev–Trinajstić information content (AvgIpc) is 2.69. The second-order valence-corrected chi connectivity index (χ2v) is 8.24. The highest BCUT2D eigenvalue weighted by Gasteiger charge is 2.26. The number of hydrogen-bond donors (Lipinski definition) is 2. The first kappa shape index (κ1) is 16.2. The Hall–Kier alpha value is -0.820. The van der Waals surface area contributed by atoms with Gasteiger partial charge in [0.05, 0.1) is 5.75 Å². The number of nitrogen functional groups attached to an aromatic ring is 1. The molecule has 3 N–H and O–H groups in total. The Morgan fingerprint density at radius 2 is 2.00 bits per heavy atom. The van der Waals surface area contributed by atoms with Gasteiger partial charge in [-0.3, -0.25) is 0 Å². The zero-order valence-corrected chi connectivity index (χ0v) is 13.6. The summed E-state index contributed by atoms with van der Waals surface area (Å²) in [6.07, 6.45) is 1.57. The molecular weight excluding hydrogens is 282 g/mol. The van der Waals surface area contributed by atoms with E-state index < -0.39 is 9.84 Å². The number of rotatable bonds is 7. The van der Waals surface area contributed by atoms with Crippen molar-refractivity contribution >= 4 is 32.2 Å². The van der Waals surface area contributed by atoms with Crippen molar-refractivity contribution in [3.05, 3.63) is 0 Å². The minimum Gasteiger partial charge on any atom is -0.382 e. The molecule has 1 rings (SSSR count). The van der Waals surface area contributed by atoms with Gasteiger partial charge >= 0.3 is 0 Å². The van der Waals surface area contributed by atoms with E-state index in [9.17, 15) is 8.42 Å². The summed E-state index contributed by atoms with van der Waals surface area (Å²) < 4.78 is 28.3. The zero-order valence-electron chi connectivity index (χ0n) is 12.0. The Kier molecular flexibility index (Phi) is 5.20. The van der Waals surface area contributed by atoms with Crippen molar-refractivity contribution in [2.45, 2.75) is 45.4 Å². The molecule has 0 amide bonds. The Bertz CT molecular complexity index is 521. The zero-order chi connectivity index (χ0) is 14.7. The van der Waals surface area contributed by atoms with Crippen LogP contribution in [0.2, 0.25) is 0 Å². The fourth-order valence-corrected chi connectivity index (χ4v) is 4.14. The van der Waals surface area contributed by atoms with E-state index in [1.54, 1.807) is 0 Å². The van der Waals surface area contributed by atoms with Crippen LogP contribution < -0.4 is 11.1 Å². The molecule has 0 aromatic carbocycles. The third-order valence-electron chi connectivity index (χ3n) is 3.14. The molecule has 1 aromatic rings. The Morgan fingerprint density at radius 1 is 1.37 bits per heavy atom. The van der Waals surface area contributed by atoms with Gasteiger partial charge in [0, 0.05) is 6.54 Å². The molecule has 0 saturated carbocycles. The van der Waals surface area contributed by atoms with Gasteiger partial charge in [0.25, 0.3) is 0 Å². The Morgan fingerprint density at radius 3 is 2.53 bits per heavy atom. The highest BCUT2D eigenvalue weighted by molar-refractivity contribution is 7.91. The van der Waals surface area contributed by atoms with Crippen molar-refractivity contribution in [1.82, 2.24) is 4.37 Å². The van der Waals surface area contributed by atoms with Crippen molar-refractivity contribution in [2.24, 2.45) is 5.41 Å². The molecule has 0 spiro atoms. The van der Waals surface area contributed by atoms with E-state index in [0.29, 0.717) is 18.0 Å². The molecule has 0 aliphatic carbocycles. The van der Waals surface area contributed by atoms with E-state index in [4.69, 9.17) is 5.73 Å². The molecule has 7 heteroatoms. The largest absolute Gasteiger partial charge is 0.382 e. The predicted octanol–water partition coefficient (Wildman–Crippen LogP) is 2.76. The first-order valence-corrected chi connectivity index (χ1v) is 8.88. The average molecular weight is 305 g/mol. The van der Waals surface area contributed by atoms with Gasteiger partial charge in [0.15, 0.2) is 15.7 Å². The summed E-state index contributed by atoms with van der Waals surface area (Å²) in [7, 11) is -3.34. The van der Waals surface area contributed by atoms with Crippen LogP contribution in [0.5, 0.6) is 0 Å². The van der Waals surface area contributed by atoms with E-state index in [1.807, 2.05) is 6.92 Å². The van der Waals surface area contributed by atoms with Crippen molar-refractivity contribution in [3.63, 3.8) is 0 Å². The summed E-state index contributed by atoms with van der Waals surface area (Å²) in [5.74, 6) is 0.205. The van der Waals surface area contributed by atoms with Crippen LogP contribution in [0.25, 0.3) is 0 Å². The summed E-state index contributed by atoms with van der Waals surface area (Å²) >= 11 is 1.11. The monoisotopic (exact) mass is 305 g/mol. The van der Waals surface area contributed by atoms with Crippen LogP contribution in [0.15, 0.2) is 4.90 Å². The normalized spacial score (nSPS) is 12.6. The molecule has 1 aromatic heterocycles. The Labute approximate surface area is 119 Å². The first-order chi connectivity index (χ1) is 8.73. The molecule has 19 heavy (non-hydrogen) atoms. The van der Waals surface area contributed by atoms with Gasteiger partial charge < -0.3 is 11.1 Å². The summed E-state index contributed by atoms with van der Waals surface area (Å²) in [5, 5.41) is 3.75. The third-order valence-corrected chi connectivity index (χ3v) is 6.07. The topological polar surface area (TPSA) is 85.1 Å². The number of nitrogens with zero attached hydrogens (tertiary/aromatic N) is 1. The SMILES string of the molecule is CCCS(=O)(=O)c1c(N)nsc1NCC(C)(C)CC. The van der Waals surface area contributed by atoms with E-state index in [2.05, 4.69) is 30.5 Å². The van der Waals surface area contributed by atoms with Crippen molar-refractivity contribution in [1.29, 1.82) is 0 Å². The van der Waals surface area contributed by atoms with Crippen LogP contribution in [0.4, 0.5) is 10.8 Å². The highest BCUT2D eigenvalue weighted by Crippen LogP contribution is 2.33. The van der Waals surface area contributed by atoms with Gasteiger partial charge in [-0.25, -0.2) is 8.42 Å². The molecule has 0 aliphatic rings. The van der Waals surface area contributed by atoms with Gasteiger partial charge in [-0.15, -0.1) is 0 Å². The van der Waals surface area contributed by atoms with Crippen LogP contribution in [0, 0.1) is 5.41 Å². The molecule has 110 valence electrons. The second-order valence-electron chi connectivity index (χ2n) is 5.42. The lowest BCUT2D eigenvalue weighted by atomic mass is 9.90. The molecule has 0 radical (unpaired) electrons. The fraction of sp³-hybridized carbons (Fsp3) is 0.750. The predicted molar refractivity (Wildman–Crippen MR) is 81.4 cm³/mol. The van der Waals surface area contributed by atoms with E-state index in [1.165, 1.54) is 0 Å². The number of sulfone groups is 1. The van der Waals surface area contributed by atoms with E-state index in [-0.39, 0.29) is 21.9 Å². The summed E-state index contributed by atoms with van der Waals surface area (Å²) in [6, 6.07) is 0. The van der Waals surface area contributed by atoms with Crippen molar-refractivity contribution in [3.8, 4) is 0 Å². The fourth-order valence-electron chi connectivity index (χ4n) is 1.52. The molecule has 1 heterocycles. The lowest BCUT2D eigenvalue weighted by Gasteiger charge is -2.23. The van der Waals surface area contributed by atoms with Crippen molar-refractivity contribution < 1.29 is 8.42 Å². The molecule has 0 bridgehead atoms. The number of nitrogens with two attached hydrogens (primary N) is 1. The van der Waals surface area contributed by atoms with Crippen molar-refractivity contribution in [2.75, 3.05) is 23.3 Å². The number of nitrogens with one attached hydrogen (secondary N) is 1. The maximum atomic E-state index is 12.2. The van der Waals surface area contributed by atoms with E-state index >= 15 is 0 Å². The van der Waals surface area contributed by atoms with Gasteiger partial charge in [0.1, 0.15) is 9.90 Å².